The van der Waals surface area contributed by atoms with Crippen LogP contribution in [-0.2, 0) is 16.4 Å². The number of rotatable bonds is 5. The first-order valence-electron chi connectivity index (χ1n) is 7.76. The van der Waals surface area contributed by atoms with E-state index in [4.69, 9.17) is 0 Å². The molecule has 0 bridgehead atoms. The van der Waals surface area contributed by atoms with E-state index in [1.807, 2.05) is 19.1 Å². The summed E-state index contributed by atoms with van der Waals surface area (Å²) in [5.41, 5.74) is 3.69. The third kappa shape index (κ3) is 3.62. The molecule has 1 saturated heterocycles. The van der Waals surface area contributed by atoms with Crippen molar-refractivity contribution in [1.82, 2.24) is 14.3 Å². The van der Waals surface area contributed by atoms with Crippen LogP contribution in [0.5, 0.6) is 0 Å². The second-order valence-corrected chi connectivity index (χ2v) is 9.12. The molecule has 23 heavy (non-hydrogen) atoms. The van der Waals surface area contributed by atoms with Crippen molar-refractivity contribution >= 4 is 21.4 Å². The van der Waals surface area contributed by atoms with Crippen molar-refractivity contribution in [3.05, 3.63) is 46.2 Å². The van der Waals surface area contributed by atoms with Gasteiger partial charge >= 0.3 is 0 Å². The normalized spacial score (nSPS) is 22.5. The highest BCUT2D eigenvalue weighted by atomic mass is 32.2. The van der Waals surface area contributed by atoms with Crippen molar-refractivity contribution < 1.29 is 8.42 Å². The summed E-state index contributed by atoms with van der Waals surface area (Å²) < 4.78 is 27.4. The molecule has 1 aliphatic rings. The maximum atomic E-state index is 12.9. The Balaban J connectivity index is 1.78. The Labute approximate surface area is 141 Å². The number of hydrogen-bond donors (Lipinski definition) is 0. The Morgan fingerprint density at radius 2 is 2.26 bits per heavy atom. The second kappa shape index (κ2) is 6.67. The van der Waals surface area contributed by atoms with Gasteiger partial charge in [-0.25, -0.2) is 13.4 Å². The molecule has 3 heterocycles. The molecule has 0 N–H and O–H groups in total. The van der Waals surface area contributed by atoms with Crippen molar-refractivity contribution in [1.29, 1.82) is 0 Å². The van der Waals surface area contributed by atoms with Gasteiger partial charge in [-0.05, 0) is 37.3 Å². The highest BCUT2D eigenvalue weighted by Gasteiger charge is 2.38. The molecule has 0 spiro atoms. The molecular weight excluding hydrogens is 330 g/mol. The average molecular weight is 351 g/mol. The maximum absolute atomic E-state index is 12.9. The van der Waals surface area contributed by atoms with Crippen LogP contribution in [-0.4, -0.2) is 35.0 Å². The molecule has 1 aliphatic heterocycles. The van der Waals surface area contributed by atoms with Crippen molar-refractivity contribution in [3.8, 4) is 0 Å². The monoisotopic (exact) mass is 351 g/mol. The van der Waals surface area contributed by atoms with E-state index in [0.29, 0.717) is 18.9 Å². The summed E-state index contributed by atoms with van der Waals surface area (Å²) >= 11 is 1.53. The summed E-state index contributed by atoms with van der Waals surface area (Å²) in [6.45, 7) is 4.62. The van der Waals surface area contributed by atoms with Gasteiger partial charge in [-0.3, -0.25) is 4.98 Å². The minimum atomic E-state index is -3.30. The molecule has 2 aromatic heterocycles. The number of pyridine rings is 1. The van der Waals surface area contributed by atoms with Gasteiger partial charge in [0, 0.05) is 23.8 Å². The molecule has 0 amide bonds. The lowest BCUT2D eigenvalue weighted by atomic mass is 10.0. The van der Waals surface area contributed by atoms with Gasteiger partial charge in [0.25, 0.3) is 0 Å². The first-order valence-corrected chi connectivity index (χ1v) is 10.2. The maximum Gasteiger partial charge on any atom is 0.215 e. The number of sulfonamides is 1. The predicted molar refractivity (Wildman–Crippen MR) is 91.8 cm³/mol. The van der Waals surface area contributed by atoms with Crippen molar-refractivity contribution in [2.75, 3.05) is 12.3 Å². The number of nitrogens with zero attached hydrogens (tertiary/aromatic N) is 3. The summed E-state index contributed by atoms with van der Waals surface area (Å²) in [4.78, 5) is 9.39. The molecule has 5 nitrogen and oxygen atoms in total. The predicted octanol–water partition coefficient (Wildman–Crippen LogP) is 2.80. The number of aromatic nitrogens is 2. The van der Waals surface area contributed by atoms with E-state index < -0.39 is 10.0 Å². The lowest BCUT2D eigenvalue weighted by Gasteiger charge is -2.24. The van der Waals surface area contributed by atoms with E-state index in [2.05, 4.69) is 16.9 Å². The average Bonchev–Trinajstić information content (AvgIpc) is 3.12. The van der Waals surface area contributed by atoms with Crippen LogP contribution < -0.4 is 0 Å². The molecule has 0 aliphatic carbocycles. The summed E-state index contributed by atoms with van der Waals surface area (Å²) in [5, 5.41) is 0. The molecule has 1 fully saturated rings. The van der Waals surface area contributed by atoms with Crippen LogP contribution in [0, 0.1) is 12.8 Å². The molecule has 0 aromatic carbocycles. The van der Waals surface area contributed by atoms with Crippen LogP contribution in [0.4, 0.5) is 0 Å². The third-order valence-electron chi connectivity index (χ3n) is 4.32. The molecule has 0 radical (unpaired) electrons. The lowest BCUT2D eigenvalue weighted by molar-refractivity contribution is 0.394. The van der Waals surface area contributed by atoms with Crippen molar-refractivity contribution in [2.24, 2.45) is 5.92 Å². The summed E-state index contributed by atoms with van der Waals surface area (Å²) in [6, 6.07) is 3.74. The van der Waals surface area contributed by atoms with Crippen LogP contribution in [0.3, 0.4) is 0 Å². The lowest BCUT2D eigenvalue weighted by Crippen LogP contribution is -2.33. The van der Waals surface area contributed by atoms with Gasteiger partial charge in [-0.15, -0.1) is 11.3 Å². The van der Waals surface area contributed by atoms with E-state index in [0.717, 1.165) is 22.6 Å². The Bertz CT molecular complexity index is 759. The number of aryl methyl sites for hydroxylation is 2. The highest BCUT2D eigenvalue weighted by Crippen LogP contribution is 2.37. The number of thiazole rings is 1. The fraction of sp³-hybridized carbons (Fsp3) is 0.500. The van der Waals surface area contributed by atoms with Gasteiger partial charge in [0.2, 0.25) is 10.0 Å². The standard InChI is InChI=1S/C16H21N3O2S2/c1-12-8-15(14-4-3-6-17-9-14)19(10-12)23(20,21)7-5-16-13(2)18-11-22-16/h3-4,6,9,11-12,15H,5,7-8,10H2,1-2H3. The van der Waals surface area contributed by atoms with E-state index in [1.165, 1.54) is 11.3 Å². The fourth-order valence-electron chi connectivity index (χ4n) is 3.10. The van der Waals surface area contributed by atoms with Gasteiger partial charge in [-0.2, -0.15) is 4.31 Å². The Morgan fingerprint density at radius 1 is 1.43 bits per heavy atom. The first kappa shape index (κ1) is 16.5. The topological polar surface area (TPSA) is 63.2 Å². The molecule has 0 saturated carbocycles. The van der Waals surface area contributed by atoms with E-state index in [1.54, 1.807) is 22.2 Å². The van der Waals surface area contributed by atoms with Gasteiger partial charge in [0.1, 0.15) is 0 Å². The largest absolute Gasteiger partial charge is 0.264 e. The second-order valence-electron chi connectivity index (χ2n) is 6.14. The third-order valence-corrected chi connectivity index (χ3v) is 7.16. The zero-order valence-corrected chi connectivity index (χ0v) is 15.0. The van der Waals surface area contributed by atoms with Crippen molar-refractivity contribution in [2.45, 2.75) is 32.7 Å². The molecule has 3 rings (SSSR count). The quantitative estimate of drug-likeness (QED) is 0.831. The minimum absolute atomic E-state index is 0.0914. The van der Waals surface area contributed by atoms with Gasteiger partial charge < -0.3 is 0 Å². The molecule has 7 heteroatoms. The zero-order chi connectivity index (χ0) is 16.4. The summed E-state index contributed by atoms with van der Waals surface area (Å²) in [5.74, 6) is 0.500. The summed E-state index contributed by atoms with van der Waals surface area (Å²) in [7, 11) is -3.30. The van der Waals surface area contributed by atoms with Crippen LogP contribution in [0.15, 0.2) is 30.0 Å². The summed E-state index contributed by atoms with van der Waals surface area (Å²) in [6.07, 6.45) is 4.87. The van der Waals surface area contributed by atoms with Gasteiger partial charge in [0.05, 0.1) is 23.0 Å². The fourth-order valence-corrected chi connectivity index (χ4v) is 5.78. The van der Waals surface area contributed by atoms with E-state index in [-0.39, 0.29) is 11.8 Å². The number of hydrogen-bond acceptors (Lipinski definition) is 5. The molecule has 124 valence electrons. The Morgan fingerprint density at radius 3 is 2.91 bits per heavy atom. The van der Waals surface area contributed by atoms with Crippen LogP contribution in [0.1, 0.15) is 35.5 Å². The smallest absolute Gasteiger partial charge is 0.215 e. The Kier molecular flexibility index (Phi) is 4.79. The minimum Gasteiger partial charge on any atom is -0.264 e. The first-order chi connectivity index (χ1) is 11.0. The molecule has 2 aromatic rings. The molecule has 2 atom stereocenters. The van der Waals surface area contributed by atoms with E-state index >= 15 is 0 Å². The molecular formula is C16H21N3O2S2. The van der Waals surface area contributed by atoms with Crippen LogP contribution in [0.2, 0.25) is 0 Å². The van der Waals surface area contributed by atoms with Crippen molar-refractivity contribution in [3.63, 3.8) is 0 Å². The van der Waals surface area contributed by atoms with Crippen LogP contribution >= 0.6 is 11.3 Å². The molecule has 2 unspecified atom stereocenters. The van der Waals surface area contributed by atoms with Gasteiger partial charge in [-0.1, -0.05) is 13.0 Å². The highest BCUT2D eigenvalue weighted by molar-refractivity contribution is 7.89. The van der Waals surface area contributed by atoms with Crippen LogP contribution in [0.25, 0.3) is 0 Å². The SMILES string of the molecule is Cc1ncsc1CCS(=O)(=O)N1CC(C)CC1c1cccnc1. The Hall–Kier alpha value is -1.31. The van der Waals surface area contributed by atoms with Gasteiger partial charge in [0.15, 0.2) is 0 Å². The zero-order valence-electron chi connectivity index (χ0n) is 13.3. The van der Waals surface area contributed by atoms with E-state index in [9.17, 15) is 8.42 Å².